The number of allylic oxidation sites excluding steroid dienone is 1. The van der Waals surface area contributed by atoms with Gasteiger partial charge < -0.3 is 74.7 Å². The van der Waals surface area contributed by atoms with Gasteiger partial charge in [-0.1, -0.05) is 0 Å². The molecule has 0 spiro atoms. The summed E-state index contributed by atoms with van der Waals surface area (Å²) in [6.07, 6.45) is -14.2. The summed E-state index contributed by atoms with van der Waals surface area (Å²) >= 11 is 0. The van der Waals surface area contributed by atoms with E-state index in [0.717, 1.165) is 6.07 Å². The minimum absolute atomic E-state index is 0.0321. The standard InChI is InChI=1S/C28H34O15/c1-10-21(33)24(36)22(34)19(40-10)8-39-9-20-23(35)25(37)26(38)28(43-20)42-18-7-13-15(31)5-12(29)6-17(13)41-27(18)11-2-3-14(30)16(32)4-11/h2-6,10,19-26,28-38H,7-9H2,1H3/t10-,19+,20-,21+,22-,23+,24+,25+,26+,28+/m0/s1. The minimum Gasteiger partial charge on any atom is -0.508 e. The number of hydrogen-bond acceptors (Lipinski definition) is 15. The molecular weight excluding hydrogens is 576 g/mol. The van der Waals surface area contributed by atoms with E-state index in [1.807, 2.05) is 0 Å². The van der Waals surface area contributed by atoms with Crippen LogP contribution in [0.5, 0.6) is 28.7 Å². The van der Waals surface area contributed by atoms with Gasteiger partial charge in [-0.15, -0.1) is 0 Å². The molecule has 0 bridgehead atoms. The van der Waals surface area contributed by atoms with E-state index in [1.165, 1.54) is 31.2 Å². The molecule has 10 N–H and O–H groups in total. The Hall–Kier alpha value is -3.38. The van der Waals surface area contributed by atoms with Crippen molar-refractivity contribution >= 4 is 5.76 Å². The topological polar surface area (TPSA) is 248 Å². The van der Waals surface area contributed by atoms with Crippen LogP contribution in [-0.4, -0.2) is 126 Å². The van der Waals surface area contributed by atoms with Crippen LogP contribution in [-0.2, 0) is 25.4 Å². The summed E-state index contributed by atoms with van der Waals surface area (Å²) in [7, 11) is 0. The average Bonchev–Trinajstić information content (AvgIpc) is 2.97. The Morgan fingerprint density at radius 1 is 0.721 bits per heavy atom. The van der Waals surface area contributed by atoms with Crippen LogP contribution in [0.3, 0.4) is 0 Å². The van der Waals surface area contributed by atoms with Gasteiger partial charge in [-0.25, -0.2) is 0 Å². The lowest BCUT2D eigenvalue weighted by atomic mass is 9.96. The van der Waals surface area contributed by atoms with Gasteiger partial charge in [-0.2, -0.15) is 0 Å². The molecule has 236 valence electrons. The van der Waals surface area contributed by atoms with Crippen molar-refractivity contribution in [1.82, 2.24) is 0 Å². The minimum atomic E-state index is -1.77. The average molecular weight is 611 g/mol. The Morgan fingerprint density at radius 2 is 1.37 bits per heavy atom. The summed E-state index contributed by atoms with van der Waals surface area (Å²) in [6, 6.07) is 6.10. The number of phenols is 4. The predicted molar refractivity (Wildman–Crippen MR) is 142 cm³/mol. The highest BCUT2D eigenvalue weighted by molar-refractivity contribution is 5.71. The summed E-state index contributed by atoms with van der Waals surface area (Å²) in [4.78, 5) is 0. The summed E-state index contributed by atoms with van der Waals surface area (Å²) in [5.74, 6) is -1.50. The Balaban J connectivity index is 1.35. The molecule has 15 nitrogen and oxygen atoms in total. The van der Waals surface area contributed by atoms with E-state index in [9.17, 15) is 51.1 Å². The molecule has 5 rings (SSSR count). The predicted octanol–water partition coefficient (Wildman–Crippen LogP) is -1.48. The van der Waals surface area contributed by atoms with Gasteiger partial charge in [0.25, 0.3) is 0 Å². The van der Waals surface area contributed by atoms with E-state index in [-0.39, 0.29) is 59.5 Å². The van der Waals surface area contributed by atoms with Crippen molar-refractivity contribution in [2.24, 2.45) is 0 Å². The maximum Gasteiger partial charge on any atom is 0.228 e. The van der Waals surface area contributed by atoms with E-state index in [4.69, 9.17) is 23.7 Å². The van der Waals surface area contributed by atoms with E-state index < -0.39 is 72.7 Å². The molecule has 0 radical (unpaired) electrons. The Morgan fingerprint density at radius 3 is 2.05 bits per heavy atom. The molecule has 10 atom stereocenters. The molecule has 43 heavy (non-hydrogen) atoms. The van der Waals surface area contributed by atoms with E-state index in [0.29, 0.717) is 0 Å². The van der Waals surface area contributed by atoms with Gasteiger partial charge in [0.1, 0.15) is 71.8 Å². The van der Waals surface area contributed by atoms with Crippen molar-refractivity contribution in [1.29, 1.82) is 0 Å². The van der Waals surface area contributed by atoms with Crippen molar-refractivity contribution in [3.8, 4) is 28.7 Å². The molecular formula is C28H34O15. The molecule has 0 unspecified atom stereocenters. The fraction of sp³-hybridized carbons (Fsp3) is 0.500. The third kappa shape index (κ3) is 6.17. The number of rotatable bonds is 7. The first-order valence-electron chi connectivity index (χ1n) is 13.5. The van der Waals surface area contributed by atoms with Crippen LogP contribution in [0.4, 0.5) is 0 Å². The van der Waals surface area contributed by atoms with Crippen LogP contribution in [0, 0.1) is 0 Å². The highest BCUT2D eigenvalue weighted by Crippen LogP contribution is 2.43. The molecule has 2 fully saturated rings. The van der Waals surface area contributed by atoms with Crippen LogP contribution < -0.4 is 4.74 Å². The Bertz CT molecular complexity index is 1350. The van der Waals surface area contributed by atoms with Gasteiger partial charge in [0.2, 0.25) is 6.29 Å². The first-order chi connectivity index (χ1) is 20.3. The summed E-state index contributed by atoms with van der Waals surface area (Å²) < 4.78 is 28.6. The Kier molecular flexibility index (Phi) is 8.89. The summed E-state index contributed by atoms with van der Waals surface area (Å²) in [5.41, 5.74) is 0.412. The molecule has 3 heterocycles. The second-order valence-corrected chi connectivity index (χ2v) is 10.7. The first-order valence-corrected chi connectivity index (χ1v) is 13.5. The Labute approximate surface area is 244 Å². The third-order valence-electron chi connectivity index (χ3n) is 7.65. The molecule has 0 aromatic heterocycles. The number of fused-ring (bicyclic) bond motifs is 1. The van der Waals surface area contributed by atoms with Gasteiger partial charge in [0.05, 0.1) is 19.3 Å². The molecule has 0 amide bonds. The number of aliphatic hydroxyl groups excluding tert-OH is 6. The smallest absolute Gasteiger partial charge is 0.228 e. The fourth-order valence-electron chi connectivity index (χ4n) is 5.14. The van der Waals surface area contributed by atoms with Crippen molar-refractivity contribution < 1.29 is 74.7 Å². The SMILES string of the molecule is C[C@@H]1O[C@H](COC[C@@H]2O[C@@H](OC3=C(c4ccc(O)c(O)c4)Oc4cc(O)cc(O)c4C3)[C@H](O)[C@H](O)[C@@H]2O)[C@H](O)[C@H](O)[C@@H]1O. The largest absolute Gasteiger partial charge is 0.508 e. The van der Waals surface area contributed by atoms with E-state index in [1.54, 1.807) is 0 Å². The molecule has 3 aliphatic rings. The normalized spacial score (nSPS) is 34.4. The van der Waals surface area contributed by atoms with Crippen LogP contribution in [0.2, 0.25) is 0 Å². The lowest BCUT2D eigenvalue weighted by molar-refractivity contribution is -0.296. The first kappa shape index (κ1) is 31.1. The van der Waals surface area contributed by atoms with Gasteiger partial charge in [-0.3, -0.25) is 0 Å². The molecule has 2 saturated heterocycles. The van der Waals surface area contributed by atoms with Crippen molar-refractivity contribution in [3.05, 3.63) is 47.2 Å². The zero-order valence-corrected chi connectivity index (χ0v) is 22.8. The zero-order chi connectivity index (χ0) is 31.2. The molecule has 2 aromatic carbocycles. The number of hydrogen-bond donors (Lipinski definition) is 10. The van der Waals surface area contributed by atoms with Crippen LogP contribution >= 0.6 is 0 Å². The quantitative estimate of drug-likeness (QED) is 0.161. The molecule has 0 saturated carbocycles. The number of aromatic hydroxyl groups is 4. The fourth-order valence-corrected chi connectivity index (χ4v) is 5.14. The lowest BCUT2D eigenvalue weighted by Crippen LogP contribution is -2.60. The molecule has 0 aliphatic carbocycles. The van der Waals surface area contributed by atoms with Gasteiger partial charge >= 0.3 is 0 Å². The third-order valence-corrected chi connectivity index (χ3v) is 7.65. The van der Waals surface area contributed by atoms with Crippen molar-refractivity contribution in [3.63, 3.8) is 0 Å². The van der Waals surface area contributed by atoms with Crippen LogP contribution in [0.15, 0.2) is 36.1 Å². The second-order valence-electron chi connectivity index (χ2n) is 10.7. The highest BCUT2D eigenvalue weighted by atomic mass is 16.7. The summed E-state index contributed by atoms with van der Waals surface area (Å²) in [5, 5.41) is 102. The zero-order valence-electron chi connectivity index (χ0n) is 22.8. The highest BCUT2D eigenvalue weighted by Gasteiger charge is 2.47. The number of benzene rings is 2. The van der Waals surface area contributed by atoms with Crippen molar-refractivity contribution in [2.75, 3.05) is 13.2 Å². The van der Waals surface area contributed by atoms with Gasteiger partial charge in [0, 0.05) is 29.7 Å². The number of aliphatic hydroxyl groups is 6. The summed E-state index contributed by atoms with van der Waals surface area (Å²) in [6.45, 7) is 0.864. The number of phenolic OH excluding ortho intramolecular Hbond substituents is 4. The van der Waals surface area contributed by atoms with E-state index in [2.05, 4.69) is 0 Å². The molecule has 2 aromatic rings. The second kappa shape index (κ2) is 12.3. The van der Waals surface area contributed by atoms with Crippen molar-refractivity contribution in [2.45, 2.75) is 74.6 Å². The number of ether oxygens (including phenoxy) is 5. The van der Waals surface area contributed by atoms with Gasteiger partial charge in [0.15, 0.2) is 17.3 Å². The van der Waals surface area contributed by atoms with Gasteiger partial charge in [-0.05, 0) is 25.1 Å². The lowest BCUT2D eigenvalue weighted by Gasteiger charge is -2.41. The maximum atomic E-state index is 10.7. The maximum absolute atomic E-state index is 10.7. The molecule has 15 heteroatoms. The van der Waals surface area contributed by atoms with Crippen LogP contribution in [0.1, 0.15) is 18.1 Å². The van der Waals surface area contributed by atoms with E-state index >= 15 is 0 Å². The monoisotopic (exact) mass is 610 g/mol. The van der Waals surface area contributed by atoms with Crippen LogP contribution in [0.25, 0.3) is 5.76 Å². The molecule has 3 aliphatic heterocycles.